The molecule has 0 heterocycles. The fourth-order valence-electron chi connectivity index (χ4n) is 1.29. The molecule has 5 heteroatoms. The van der Waals surface area contributed by atoms with Gasteiger partial charge in [0.25, 0.3) is 0 Å². The van der Waals surface area contributed by atoms with Crippen LogP contribution in [0, 0.1) is 0 Å². The Kier molecular flexibility index (Phi) is 6.00. The molecule has 3 unspecified atom stereocenters. The minimum atomic E-state index is -2.20. The predicted molar refractivity (Wildman–Crippen MR) is 57.8 cm³/mol. The molecule has 0 aliphatic carbocycles. The smallest absolute Gasteiger partial charge is 0.233 e. The van der Waals surface area contributed by atoms with E-state index in [1.807, 2.05) is 0 Å². The average Bonchev–Trinajstić information content (AvgIpc) is 2.38. The maximum absolute atomic E-state index is 13.3. The van der Waals surface area contributed by atoms with E-state index in [4.69, 9.17) is 0 Å². The monoisotopic (exact) mass is 248 g/mol. The van der Waals surface area contributed by atoms with Crippen molar-refractivity contribution in [1.29, 1.82) is 0 Å². The molecule has 0 spiro atoms. The Morgan fingerprint density at radius 3 is 2.35 bits per heavy atom. The van der Waals surface area contributed by atoms with Gasteiger partial charge in [-0.15, -0.1) is 0 Å². The lowest BCUT2D eigenvalue weighted by Crippen LogP contribution is -2.35. The summed E-state index contributed by atoms with van der Waals surface area (Å²) in [5, 5.41) is 0. The van der Waals surface area contributed by atoms with Gasteiger partial charge in [0.05, 0.1) is 6.61 Å². The van der Waals surface area contributed by atoms with Crippen LogP contribution in [-0.2, 0) is 16.1 Å². The second-order valence-electron chi connectivity index (χ2n) is 3.52. The summed E-state index contributed by atoms with van der Waals surface area (Å²) in [6, 6.07) is 8.78. The Morgan fingerprint density at radius 2 is 1.82 bits per heavy atom. The molecule has 0 fully saturated rings. The minimum absolute atomic E-state index is 0.0643. The summed E-state index contributed by atoms with van der Waals surface area (Å²) in [7, 11) is 1.13. The maximum atomic E-state index is 13.3. The van der Waals surface area contributed by atoms with Crippen LogP contribution in [-0.4, -0.2) is 32.4 Å². The number of hydrogen-bond donors (Lipinski definition) is 0. The van der Waals surface area contributed by atoms with Crippen molar-refractivity contribution in [2.45, 2.75) is 25.2 Å². The van der Waals surface area contributed by atoms with Crippen molar-refractivity contribution in [3.05, 3.63) is 35.9 Å². The van der Waals surface area contributed by atoms with E-state index in [0.29, 0.717) is 0 Å². The lowest BCUT2D eigenvalue weighted by atomic mass is 10.2. The minimum Gasteiger partial charge on any atom is -0.375 e. The van der Waals surface area contributed by atoms with Crippen LogP contribution in [0.1, 0.15) is 5.56 Å². The summed E-state index contributed by atoms with van der Waals surface area (Å²) in [6.07, 6.45) is -5.76. The van der Waals surface area contributed by atoms with Gasteiger partial charge in [-0.2, -0.15) is 0 Å². The Hall–Kier alpha value is -1.07. The number of ether oxygens (including phenoxy) is 2. The Bertz CT molecular complexity index is 304. The van der Waals surface area contributed by atoms with Crippen molar-refractivity contribution in [3.8, 4) is 0 Å². The number of benzene rings is 1. The van der Waals surface area contributed by atoms with E-state index in [1.165, 1.54) is 0 Å². The van der Waals surface area contributed by atoms with Crippen molar-refractivity contribution in [2.24, 2.45) is 0 Å². The number of hydrogen-bond acceptors (Lipinski definition) is 2. The molecule has 96 valence electrons. The van der Waals surface area contributed by atoms with E-state index in [1.54, 1.807) is 30.3 Å². The first-order valence-corrected chi connectivity index (χ1v) is 5.21. The highest BCUT2D eigenvalue weighted by atomic mass is 19.2. The first kappa shape index (κ1) is 14.0. The topological polar surface area (TPSA) is 18.5 Å². The Morgan fingerprint density at radius 1 is 1.18 bits per heavy atom. The van der Waals surface area contributed by atoms with Gasteiger partial charge in [-0.1, -0.05) is 30.3 Å². The zero-order valence-corrected chi connectivity index (χ0v) is 9.48. The summed E-state index contributed by atoms with van der Waals surface area (Å²) in [5.41, 5.74) is 0.719. The van der Waals surface area contributed by atoms with Gasteiger partial charge in [0, 0.05) is 7.11 Å². The molecular weight excluding hydrogens is 233 g/mol. The van der Waals surface area contributed by atoms with Crippen molar-refractivity contribution < 1.29 is 22.6 Å². The van der Waals surface area contributed by atoms with E-state index < -0.39 is 25.3 Å². The average molecular weight is 248 g/mol. The van der Waals surface area contributed by atoms with E-state index in [0.717, 1.165) is 12.7 Å². The molecule has 3 atom stereocenters. The zero-order valence-electron chi connectivity index (χ0n) is 9.48. The second kappa shape index (κ2) is 7.29. The largest absolute Gasteiger partial charge is 0.375 e. The standard InChI is InChI=1S/C12H15F3O2/c1-16-10(7-13)11(14)12(15)17-8-9-5-3-2-4-6-9/h2-6,10-12H,7-8H2,1H3. The maximum Gasteiger partial charge on any atom is 0.233 e. The lowest BCUT2D eigenvalue weighted by Gasteiger charge is -2.20. The molecule has 0 aliphatic heterocycles. The van der Waals surface area contributed by atoms with Gasteiger partial charge in [-0.25, -0.2) is 13.2 Å². The summed E-state index contributed by atoms with van der Waals surface area (Å²) >= 11 is 0. The molecule has 0 saturated carbocycles. The van der Waals surface area contributed by atoms with Crippen LogP contribution in [0.15, 0.2) is 30.3 Å². The fraction of sp³-hybridized carbons (Fsp3) is 0.500. The lowest BCUT2D eigenvalue weighted by molar-refractivity contribution is -0.135. The first-order chi connectivity index (χ1) is 8.19. The summed E-state index contributed by atoms with van der Waals surface area (Å²) in [5.74, 6) is 0. The second-order valence-corrected chi connectivity index (χ2v) is 3.52. The van der Waals surface area contributed by atoms with Crippen LogP contribution >= 0.6 is 0 Å². The fourth-order valence-corrected chi connectivity index (χ4v) is 1.29. The van der Waals surface area contributed by atoms with Gasteiger partial charge >= 0.3 is 0 Å². The highest BCUT2D eigenvalue weighted by Gasteiger charge is 2.30. The third kappa shape index (κ3) is 4.36. The molecule has 0 amide bonds. The molecule has 2 nitrogen and oxygen atoms in total. The quantitative estimate of drug-likeness (QED) is 0.738. The van der Waals surface area contributed by atoms with Gasteiger partial charge in [-0.3, -0.25) is 0 Å². The van der Waals surface area contributed by atoms with E-state index in [-0.39, 0.29) is 6.61 Å². The van der Waals surface area contributed by atoms with Crippen LogP contribution in [0.4, 0.5) is 13.2 Å². The molecule has 0 radical (unpaired) electrons. The summed E-state index contributed by atoms with van der Waals surface area (Å²) in [6.45, 7) is -1.15. The van der Waals surface area contributed by atoms with Crippen molar-refractivity contribution >= 4 is 0 Å². The van der Waals surface area contributed by atoms with Crippen LogP contribution in [0.5, 0.6) is 0 Å². The Labute approximate surface area is 98.3 Å². The Balaban J connectivity index is 2.41. The van der Waals surface area contributed by atoms with Crippen LogP contribution in [0.25, 0.3) is 0 Å². The van der Waals surface area contributed by atoms with Gasteiger partial charge < -0.3 is 9.47 Å². The van der Waals surface area contributed by atoms with Gasteiger partial charge in [0.2, 0.25) is 6.36 Å². The molecule has 0 N–H and O–H groups in total. The van der Waals surface area contributed by atoms with Crippen molar-refractivity contribution in [2.75, 3.05) is 13.8 Å². The molecule has 0 aromatic heterocycles. The van der Waals surface area contributed by atoms with Crippen molar-refractivity contribution in [3.63, 3.8) is 0 Å². The molecular formula is C12H15F3O2. The van der Waals surface area contributed by atoms with Crippen LogP contribution in [0.3, 0.4) is 0 Å². The number of alkyl halides is 3. The molecule has 1 aromatic rings. The van der Waals surface area contributed by atoms with Crippen LogP contribution < -0.4 is 0 Å². The van der Waals surface area contributed by atoms with E-state index in [9.17, 15) is 13.2 Å². The van der Waals surface area contributed by atoms with Gasteiger partial charge in [-0.05, 0) is 5.56 Å². The summed E-state index contributed by atoms with van der Waals surface area (Å²) in [4.78, 5) is 0. The van der Waals surface area contributed by atoms with E-state index >= 15 is 0 Å². The molecule has 0 aliphatic rings. The molecule has 0 saturated heterocycles. The molecule has 17 heavy (non-hydrogen) atoms. The third-order valence-corrected chi connectivity index (χ3v) is 2.31. The van der Waals surface area contributed by atoms with Gasteiger partial charge in [0.1, 0.15) is 12.8 Å². The predicted octanol–water partition coefficient (Wildman–Crippen LogP) is 2.82. The first-order valence-electron chi connectivity index (χ1n) is 5.21. The molecule has 1 rings (SSSR count). The third-order valence-electron chi connectivity index (χ3n) is 2.31. The highest BCUT2D eigenvalue weighted by Crippen LogP contribution is 2.15. The number of rotatable bonds is 7. The van der Waals surface area contributed by atoms with Crippen molar-refractivity contribution in [1.82, 2.24) is 0 Å². The zero-order chi connectivity index (χ0) is 12.7. The number of methoxy groups -OCH3 is 1. The van der Waals surface area contributed by atoms with Crippen LogP contribution in [0.2, 0.25) is 0 Å². The summed E-state index contributed by atoms with van der Waals surface area (Å²) < 4.78 is 48.0. The normalized spacial score (nSPS) is 16.5. The molecule has 1 aromatic carbocycles. The SMILES string of the molecule is COC(CF)C(F)C(F)OCc1ccccc1. The molecule has 0 bridgehead atoms. The van der Waals surface area contributed by atoms with Gasteiger partial charge in [0.15, 0.2) is 6.17 Å². The number of halogens is 3. The van der Waals surface area contributed by atoms with E-state index in [2.05, 4.69) is 9.47 Å². The highest BCUT2D eigenvalue weighted by molar-refractivity contribution is 5.13.